The van der Waals surface area contributed by atoms with E-state index in [1.165, 1.54) is 24.8 Å². The Hall–Kier alpha value is -0.890. The Kier molecular flexibility index (Phi) is 2.79. The first kappa shape index (κ1) is 10.6. The minimum Gasteiger partial charge on any atom is -0.330 e. The number of hydrogen-bond donors (Lipinski definition) is 1. The second-order valence-electron chi connectivity index (χ2n) is 4.82. The molecule has 0 radical (unpaired) electrons. The topological polar surface area (TPSA) is 26.0 Å². The van der Waals surface area contributed by atoms with Crippen molar-refractivity contribution in [1.82, 2.24) is 0 Å². The molecule has 1 saturated carbocycles. The molecule has 1 aromatic carbocycles. The number of hydrogen-bond acceptors (Lipinski definition) is 1. The van der Waals surface area contributed by atoms with Crippen LogP contribution in [0.3, 0.4) is 0 Å². The summed E-state index contributed by atoms with van der Waals surface area (Å²) < 4.78 is 13.1. The van der Waals surface area contributed by atoms with E-state index in [-0.39, 0.29) is 5.82 Å². The predicted molar refractivity (Wildman–Crippen MR) is 60.2 cm³/mol. The summed E-state index contributed by atoms with van der Waals surface area (Å²) in [7, 11) is 0. The van der Waals surface area contributed by atoms with E-state index in [9.17, 15) is 4.39 Å². The Balaban J connectivity index is 2.13. The van der Waals surface area contributed by atoms with Gasteiger partial charge in [-0.2, -0.15) is 0 Å². The summed E-state index contributed by atoms with van der Waals surface area (Å²) in [5, 5.41) is 0. The van der Waals surface area contributed by atoms with Crippen LogP contribution in [0.5, 0.6) is 0 Å². The highest BCUT2D eigenvalue weighted by molar-refractivity contribution is 5.25. The number of halogens is 1. The maximum absolute atomic E-state index is 13.1. The molecule has 2 rings (SSSR count). The molecule has 82 valence electrons. The predicted octanol–water partition coefficient (Wildman–Crippen LogP) is 2.81. The first-order valence-corrected chi connectivity index (χ1v) is 5.60. The van der Waals surface area contributed by atoms with Crippen molar-refractivity contribution >= 4 is 0 Å². The summed E-state index contributed by atoms with van der Waals surface area (Å²) in [5.41, 5.74) is 8.08. The van der Waals surface area contributed by atoms with Gasteiger partial charge in [-0.05, 0) is 55.3 Å². The lowest BCUT2D eigenvalue weighted by atomic mass is 9.65. The van der Waals surface area contributed by atoms with Crippen molar-refractivity contribution in [2.24, 2.45) is 11.1 Å². The Labute approximate surface area is 90.5 Å². The van der Waals surface area contributed by atoms with E-state index >= 15 is 0 Å². The van der Waals surface area contributed by atoms with Gasteiger partial charge in [0.2, 0.25) is 0 Å². The Bertz CT molecular complexity index is 350. The zero-order valence-electron chi connectivity index (χ0n) is 9.22. The summed E-state index contributed by atoms with van der Waals surface area (Å²) in [6, 6.07) is 5.40. The van der Waals surface area contributed by atoms with Gasteiger partial charge in [0.25, 0.3) is 0 Å². The molecule has 0 atom stereocenters. The molecular formula is C13H18FN. The first-order valence-electron chi connectivity index (χ1n) is 5.60. The van der Waals surface area contributed by atoms with Gasteiger partial charge in [0.1, 0.15) is 5.82 Å². The molecule has 2 heteroatoms. The smallest absolute Gasteiger partial charge is 0.126 e. The number of rotatable bonds is 3. The van der Waals surface area contributed by atoms with Crippen LogP contribution in [0.25, 0.3) is 0 Å². The third kappa shape index (κ3) is 2.05. The molecule has 0 heterocycles. The molecule has 0 bridgehead atoms. The van der Waals surface area contributed by atoms with Gasteiger partial charge in [-0.3, -0.25) is 0 Å². The summed E-state index contributed by atoms with van der Waals surface area (Å²) >= 11 is 0. The molecule has 1 aliphatic rings. The van der Waals surface area contributed by atoms with E-state index in [0.717, 1.165) is 18.5 Å². The van der Waals surface area contributed by atoms with Crippen LogP contribution >= 0.6 is 0 Å². The van der Waals surface area contributed by atoms with Crippen molar-refractivity contribution in [3.8, 4) is 0 Å². The molecular weight excluding hydrogens is 189 g/mol. The third-order valence-electron chi connectivity index (χ3n) is 3.65. The van der Waals surface area contributed by atoms with Crippen molar-refractivity contribution < 1.29 is 4.39 Å². The molecule has 0 amide bonds. The average molecular weight is 207 g/mol. The maximum Gasteiger partial charge on any atom is 0.126 e. The minimum atomic E-state index is -0.117. The fourth-order valence-electron chi connectivity index (χ4n) is 2.38. The van der Waals surface area contributed by atoms with E-state index in [1.54, 1.807) is 6.07 Å². The highest BCUT2D eigenvalue weighted by Crippen LogP contribution is 2.42. The number of aryl methyl sites for hydroxylation is 1. The zero-order chi connectivity index (χ0) is 10.9. The van der Waals surface area contributed by atoms with Gasteiger partial charge < -0.3 is 5.73 Å². The lowest BCUT2D eigenvalue weighted by molar-refractivity contribution is 0.145. The van der Waals surface area contributed by atoms with Gasteiger partial charge in [0, 0.05) is 0 Å². The second kappa shape index (κ2) is 3.93. The fraction of sp³-hybridized carbons (Fsp3) is 0.538. The van der Waals surface area contributed by atoms with Gasteiger partial charge in [-0.1, -0.05) is 18.6 Å². The third-order valence-corrected chi connectivity index (χ3v) is 3.65. The molecule has 2 N–H and O–H groups in total. The van der Waals surface area contributed by atoms with Crippen LogP contribution in [0, 0.1) is 18.2 Å². The molecule has 0 aliphatic heterocycles. The van der Waals surface area contributed by atoms with Crippen LogP contribution in [0.2, 0.25) is 0 Å². The zero-order valence-corrected chi connectivity index (χ0v) is 9.22. The van der Waals surface area contributed by atoms with Gasteiger partial charge in [0.05, 0.1) is 0 Å². The van der Waals surface area contributed by atoms with Crippen LogP contribution in [-0.2, 0) is 6.42 Å². The largest absolute Gasteiger partial charge is 0.330 e. The Morgan fingerprint density at radius 1 is 1.40 bits per heavy atom. The van der Waals surface area contributed by atoms with E-state index < -0.39 is 0 Å². The van der Waals surface area contributed by atoms with Gasteiger partial charge in [0.15, 0.2) is 0 Å². The summed E-state index contributed by atoms with van der Waals surface area (Å²) in [6.45, 7) is 2.57. The average Bonchev–Trinajstić information content (AvgIpc) is 2.17. The fourth-order valence-corrected chi connectivity index (χ4v) is 2.38. The van der Waals surface area contributed by atoms with Crippen LogP contribution in [0.4, 0.5) is 4.39 Å². The van der Waals surface area contributed by atoms with Crippen LogP contribution < -0.4 is 5.73 Å². The number of benzene rings is 1. The van der Waals surface area contributed by atoms with Crippen LogP contribution in [0.15, 0.2) is 18.2 Å². The van der Waals surface area contributed by atoms with Gasteiger partial charge in [-0.15, -0.1) is 0 Å². The molecule has 0 unspecified atom stereocenters. The highest BCUT2D eigenvalue weighted by atomic mass is 19.1. The molecule has 1 nitrogen and oxygen atoms in total. The molecule has 1 aliphatic carbocycles. The van der Waals surface area contributed by atoms with Crippen molar-refractivity contribution in [3.63, 3.8) is 0 Å². The van der Waals surface area contributed by atoms with E-state index in [0.29, 0.717) is 5.41 Å². The quantitative estimate of drug-likeness (QED) is 0.810. The number of nitrogens with two attached hydrogens (primary N) is 1. The molecule has 0 spiro atoms. The SMILES string of the molecule is Cc1cc(CC2(CN)CCC2)ccc1F. The second-order valence-corrected chi connectivity index (χ2v) is 4.82. The minimum absolute atomic E-state index is 0.117. The normalized spacial score (nSPS) is 18.6. The van der Waals surface area contributed by atoms with Crippen LogP contribution in [-0.4, -0.2) is 6.54 Å². The van der Waals surface area contributed by atoms with E-state index in [2.05, 4.69) is 0 Å². The van der Waals surface area contributed by atoms with Crippen molar-refractivity contribution in [2.75, 3.05) is 6.54 Å². The van der Waals surface area contributed by atoms with Crippen LogP contribution in [0.1, 0.15) is 30.4 Å². The summed E-state index contributed by atoms with van der Waals surface area (Å²) in [6.07, 6.45) is 4.74. The monoisotopic (exact) mass is 207 g/mol. The van der Waals surface area contributed by atoms with Crippen molar-refractivity contribution in [3.05, 3.63) is 35.1 Å². The first-order chi connectivity index (χ1) is 7.15. The Morgan fingerprint density at radius 3 is 2.60 bits per heavy atom. The standard InChI is InChI=1S/C13H18FN/c1-10-7-11(3-4-12(10)14)8-13(9-15)5-2-6-13/h3-4,7H,2,5-6,8-9,15H2,1H3. The molecule has 1 fully saturated rings. The van der Waals surface area contributed by atoms with Gasteiger partial charge >= 0.3 is 0 Å². The highest BCUT2D eigenvalue weighted by Gasteiger charge is 2.35. The van der Waals surface area contributed by atoms with Crippen molar-refractivity contribution in [1.29, 1.82) is 0 Å². The summed E-state index contributed by atoms with van der Waals surface area (Å²) in [5.74, 6) is -0.117. The molecule has 1 aromatic rings. The Morgan fingerprint density at radius 2 is 2.13 bits per heavy atom. The van der Waals surface area contributed by atoms with E-state index in [4.69, 9.17) is 5.73 Å². The van der Waals surface area contributed by atoms with E-state index in [1.807, 2.05) is 19.1 Å². The van der Waals surface area contributed by atoms with Gasteiger partial charge in [-0.25, -0.2) is 4.39 Å². The van der Waals surface area contributed by atoms with Crippen molar-refractivity contribution in [2.45, 2.75) is 32.6 Å². The maximum atomic E-state index is 13.1. The molecule has 0 saturated heterocycles. The summed E-state index contributed by atoms with van der Waals surface area (Å²) in [4.78, 5) is 0. The lowest BCUT2D eigenvalue weighted by Crippen LogP contribution is -2.39. The lowest BCUT2D eigenvalue weighted by Gasteiger charge is -2.41. The molecule has 0 aromatic heterocycles. The molecule has 15 heavy (non-hydrogen) atoms.